The van der Waals surface area contributed by atoms with Crippen LogP contribution in [-0.4, -0.2) is 30.6 Å². The summed E-state index contributed by atoms with van der Waals surface area (Å²) in [7, 11) is 0. The molecule has 0 unspecified atom stereocenters. The third kappa shape index (κ3) is 6.92. The molecule has 2 rings (SSSR count). The molecule has 0 amide bonds. The summed E-state index contributed by atoms with van der Waals surface area (Å²) in [5.74, 6) is -5.46. The van der Waals surface area contributed by atoms with Crippen LogP contribution in [0.2, 0.25) is 0 Å². The molecule has 5 nitrogen and oxygen atoms in total. The van der Waals surface area contributed by atoms with Crippen LogP contribution in [-0.2, 0) is 0 Å². The predicted octanol–water partition coefficient (Wildman–Crippen LogP) is 5.89. The minimum Gasteiger partial charge on any atom is -0.478 e. The molecule has 0 atom stereocenters. The number of carboxylic acids is 1. The van der Waals surface area contributed by atoms with E-state index in [1.54, 1.807) is 0 Å². The van der Waals surface area contributed by atoms with Crippen molar-refractivity contribution in [2.24, 2.45) is 0 Å². The Balaban J connectivity index is 0.000000291. The average Bonchev–Trinajstić information content (AvgIpc) is 2.60. The number of carboxylic acid groups (broad SMARTS) is 1. The number of carbonyl (C=O) groups excluding carboxylic acids is 1. The molecule has 0 aromatic heterocycles. The Morgan fingerprint density at radius 2 is 1.34 bits per heavy atom. The third-order valence-electron chi connectivity index (χ3n) is 2.91. The normalized spacial score (nSPS) is 10.4. The maximum absolute atomic E-state index is 13.3. The zero-order chi connectivity index (χ0) is 22.3. The first-order valence-corrected chi connectivity index (χ1v) is 8.62. The van der Waals surface area contributed by atoms with E-state index >= 15 is 0 Å². The second-order valence-electron chi connectivity index (χ2n) is 4.69. The maximum Gasteiger partial charge on any atom is 0.387 e. The van der Waals surface area contributed by atoms with Crippen molar-refractivity contribution in [3.05, 3.63) is 56.0 Å². The molecule has 0 aliphatic carbocycles. The molecule has 29 heavy (non-hydrogen) atoms. The first-order valence-electron chi connectivity index (χ1n) is 7.03. The van der Waals surface area contributed by atoms with Crippen LogP contribution in [0.4, 0.5) is 26.3 Å². The van der Waals surface area contributed by atoms with E-state index in [-0.39, 0.29) is 20.8 Å². The molecule has 0 bridgehead atoms. The van der Waals surface area contributed by atoms with Gasteiger partial charge in [-0.2, -0.15) is 17.6 Å². The van der Waals surface area contributed by atoms with Crippen molar-refractivity contribution in [1.29, 1.82) is 0 Å². The predicted molar refractivity (Wildman–Crippen MR) is 93.8 cm³/mol. The molecule has 13 heteroatoms. The highest BCUT2D eigenvalue weighted by Gasteiger charge is 2.21. The summed E-state index contributed by atoms with van der Waals surface area (Å²) < 4.78 is 81.3. The van der Waals surface area contributed by atoms with Crippen LogP contribution in [0.15, 0.2) is 33.2 Å². The molecule has 0 saturated heterocycles. The lowest BCUT2D eigenvalue weighted by Gasteiger charge is -2.08. The van der Waals surface area contributed by atoms with Crippen molar-refractivity contribution in [2.45, 2.75) is 13.2 Å². The van der Waals surface area contributed by atoms with Gasteiger partial charge in [0.15, 0.2) is 29.4 Å². The second kappa shape index (κ2) is 11.0. The van der Waals surface area contributed by atoms with Crippen LogP contribution in [0.1, 0.15) is 20.7 Å². The summed E-state index contributed by atoms with van der Waals surface area (Å²) in [4.78, 5) is 20.9. The van der Waals surface area contributed by atoms with E-state index in [1.165, 1.54) is 6.07 Å². The highest BCUT2D eigenvalue weighted by Crippen LogP contribution is 2.29. The molecular formula is C16H8Br2F6O5. The lowest BCUT2D eigenvalue weighted by atomic mass is 10.2. The number of benzene rings is 2. The zero-order valence-electron chi connectivity index (χ0n) is 13.6. The van der Waals surface area contributed by atoms with E-state index in [1.807, 2.05) is 0 Å². The van der Waals surface area contributed by atoms with Crippen molar-refractivity contribution in [3.63, 3.8) is 0 Å². The summed E-state index contributed by atoms with van der Waals surface area (Å²) in [5, 5.41) is 8.59. The Morgan fingerprint density at radius 1 is 0.897 bits per heavy atom. The maximum atomic E-state index is 13.3. The van der Waals surface area contributed by atoms with E-state index in [0.717, 1.165) is 18.2 Å². The molecule has 0 fully saturated rings. The molecule has 0 spiro atoms. The minimum atomic E-state index is -3.21. The van der Waals surface area contributed by atoms with Gasteiger partial charge in [-0.15, -0.1) is 0 Å². The zero-order valence-corrected chi connectivity index (χ0v) is 16.8. The third-order valence-corrected chi connectivity index (χ3v) is 4.26. The highest BCUT2D eigenvalue weighted by molar-refractivity contribution is 9.10. The number of aldehydes is 1. The van der Waals surface area contributed by atoms with Gasteiger partial charge >= 0.3 is 19.2 Å². The van der Waals surface area contributed by atoms with Crippen LogP contribution in [0, 0.1) is 11.6 Å². The van der Waals surface area contributed by atoms with Gasteiger partial charge in [0, 0.05) is 8.95 Å². The molecule has 1 N–H and O–H groups in total. The van der Waals surface area contributed by atoms with E-state index < -0.39 is 47.9 Å². The van der Waals surface area contributed by atoms with Gasteiger partial charge in [-0.25, -0.2) is 13.6 Å². The van der Waals surface area contributed by atoms with Crippen molar-refractivity contribution >= 4 is 44.1 Å². The molecule has 2 aromatic rings. The quantitative estimate of drug-likeness (QED) is 0.357. The summed E-state index contributed by atoms with van der Waals surface area (Å²) in [5.41, 5.74) is -1.09. The monoisotopic (exact) mass is 552 g/mol. The Bertz CT molecular complexity index is 895. The molecule has 158 valence electrons. The molecular weight excluding hydrogens is 546 g/mol. The van der Waals surface area contributed by atoms with Crippen molar-refractivity contribution in [1.82, 2.24) is 0 Å². The van der Waals surface area contributed by atoms with Crippen molar-refractivity contribution < 1.29 is 50.5 Å². The van der Waals surface area contributed by atoms with Gasteiger partial charge < -0.3 is 14.6 Å². The number of aromatic carboxylic acids is 1. The van der Waals surface area contributed by atoms with Crippen LogP contribution in [0.5, 0.6) is 11.5 Å². The van der Waals surface area contributed by atoms with Gasteiger partial charge in [0.25, 0.3) is 0 Å². The number of hydrogen-bond acceptors (Lipinski definition) is 4. The fourth-order valence-electron chi connectivity index (χ4n) is 1.76. The SMILES string of the molecule is O=C(O)c1c(Br)ccc(OC(F)F)c1F.O=Cc1c(Br)ccc(OC(F)F)c1F. The number of hydrogen-bond donors (Lipinski definition) is 1. The van der Waals surface area contributed by atoms with Gasteiger partial charge in [-0.1, -0.05) is 0 Å². The van der Waals surface area contributed by atoms with Gasteiger partial charge in [0.05, 0.1) is 5.56 Å². The van der Waals surface area contributed by atoms with Crippen molar-refractivity contribution in [2.75, 3.05) is 0 Å². The summed E-state index contributed by atoms with van der Waals surface area (Å²) in [6, 6.07) is 4.30. The van der Waals surface area contributed by atoms with Gasteiger partial charge in [-0.3, -0.25) is 4.79 Å². The summed E-state index contributed by atoms with van der Waals surface area (Å²) in [6.07, 6.45) is 0.220. The highest BCUT2D eigenvalue weighted by atomic mass is 79.9. The van der Waals surface area contributed by atoms with Gasteiger partial charge in [0.2, 0.25) is 0 Å². The van der Waals surface area contributed by atoms with E-state index in [2.05, 4.69) is 41.3 Å². The number of carbonyl (C=O) groups is 2. The van der Waals surface area contributed by atoms with Crippen LogP contribution in [0.25, 0.3) is 0 Å². The summed E-state index contributed by atoms with van der Waals surface area (Å²) in [6.45, 7) is -6.33. The second-order valence-corrected chi connectivity index (χ2v) is 6.40. The Morgan fingerprint density at radius 3 is 1.76 bits per heavy atom. The number of ether oxygens (including phenoxy) is 2. The van der Waals surface area contributed by atoms with Crippen LogP contribution >= 0.6 is 31.9 Å². The van der Waals surface area contributed by atoms with E-state index in [4.69, 9.17) is 5.11 Å². The Kier molecular flexibility index (Phi) is 9.43. The van der Waals surface area contributed by atoms with E-state index in [9.17, 15) is 35.9 Å². The Hall–Kier alpha value is -2.28. The standard InChI is InChI=1S/C8H4BrF3O3.C8H4BrF3O2/c9-3-1-2-4(15-8(11)12)6(10)5(3)7(13)14;9-5-1-2-6(14-8(11)12)7(10)4(5)3-13/h1-2,8H,(H,13,14);1-3,8H. The van der Waals surface area contributed by atoms with Gasteiger partial charge in [0.1, 0.15) is 5.56 Å². The first-order chi connectivity index (χ1) is 13.5. The molecule has 0 radical (unpaired) electrons. The smallest absolute Gasteiger partial charge is 0.387 e. The number of halogens is 8. The van der Waals surface area contributed by atoms with Crippen molar-refractivity contribution in [3.8, 4) is 11.5 Å². The minimum absolute atomic E-state index is 0.0471. The fourth-order valence-corrected chi connectivity index (χ4v) is 2.64. The van der Waals surface area contributed by atoms with E-state index in [0.29, 0.717) is 0 Å². The lowest BCUT2D eigenvalue weighted by Crippen LogP contribution is -2.08. The molecule has 0 aliphatic heterocycles. The molecule has 0 aliphatic rings. The first kappa shape index (κ1) is 24.8. The van der Waals surface area contributed by atoms with Crippen LogP contribution in [0.3, 0.4) is 0 Å². The van der Waals surface area contributed by atoms with Crippen LogP contribution < -0.4 is 9.47 Å². The molecule has 0 heterocycles. The molecule has 2 aromatic carbocycles. The number of rotatable bonds is 6. The fraction of sp³-hybridized carbons (Fsp3) is 0.125. The van der Waals surface area contributed by atoms with Gasteiger partial charge in [-0.05, 0) is 56.1 Å². The largest absolute Gasteiger partial charge is 0.478 e. The molecule has 0 saturated carbocycles. The Labute approximate surface area is 175 Å². The number of alkyl halides is 4. The topological polar surface area (TPSA) is 72.8 Å². The summed E-state index contributed by atoms with van der Waals surface area (Å²) >= 11 is 5.68. The lowest BCUT2D eigenvalue weighted by molar-refractivity contribution is -0.0528. The average molecular weight is 554 g/mol.